The number of phenolic OH excluding ortho intramolecular Hbond substituents is 1. The minimum atomic E-state index is -1.06. The number of benzene rings is 3. The van der Waals surface area contributed by atoms with Crippen LogP contribution in [0.2, 0.25) is 0 Å². The lowest BCUT2D eigenvalue weighted by Gasteiger charge is -2.63. The molecule has 5 aliphatic rings. The van der Waals surface area contributed by atoms with Crippen LogP contribution in [-0.2, 0) is 24.7 Å². The van der Waals surface area contributed by atoms with Crippen molar-refractivity contribution in [2.24, 2.45) is 5.92 Å². The van der Waals surface area contributed by atoms with Gasteiger partial charge in [0.05, 0.1) is 22.4 Å². The van der Waals surface area contributed by atoms with E-state index in [1.807, 2.05) is 36.4 Å². The Morgan fingerprint density at radius 2 is 1.73 bits per heavy atom. The molecule has 41 heavy (non-hydrogen) atoms. The van der Waals surface area contributed by atoms with Crippen LogP contribution in [0.15, 0.2) is 72.8 Å². The summed E-state index contributed by atoms with van der Waals surface area (Å²) in [6.07, 6.45) is 4.70. The van der Waals surface area contributed by atoms with Crippen molar-refractivity contribution in [2.45, 2.75) is 61.7 Å². The molecule has 2 aliphatic heterocycles. The Hall–Kier alpha value is -3.74. The number of rotatable bonds is 5. The summed E-state index contributed by atoms with van der Waals surface area (Å²) in [4.78, 5) is 13.0. The van der Waals surface area contributed by atoms with Gasteiger partial charge in [0.1, 0.15) is 5.82 Å². The third-order valence-electron chi connectivity index (χ3n) is 10.5. The molecule has 1 spiro atoms. The van der Waals surface area contributed by atoms with Gasteiger partial charge in [0, 0.05) is 42.1 Å². The van der Waals surface area contributed by atoms with Crippen LogP contribution in [0.25, 0.3) is 11.3 Å². The van der Waals surface area contributed by atoms with Crippen LogP contribution in [0, 0.1) is 5.92 Å². The number of fused-ring (bicyclic) bond motifs is 2. The van der Waals surface area contributed by atoms with Crippen molar-refractivity contribution in [3.05, 3.63) is 107 Å². The average Bonchev–Trinajstić information content (AvgIpc) is 3.73. The molecule has 9 rings (SSSR count). The summed E-state index contributed by atoms with van der Waals surface area (Å²) >= 11 is 0. The summed E-state index contributed by atoms with van der Waals surface area (Å²) in [5.74, 6) is 2.17. The molecular weight excluding hydrogens is 510 g/mol. The molecule has 6 heteroatoms. The highest BCUT2D eigenvalue weighted by Crippen LogP contribution is 2.69. The molecule has 206 valence electrons. The zero-order chi connectivity index (χ0) is 27.3. The zero-order valence-electron chi connectivity index (χ0n) is 23.0. The lowest BCUT2D eigenvalue weighted by atomic mass is 9.48. The molecule has 1 saturated heterocycles. The van der Waals surface area contributed by atoms with E-state index >= 15 is 0 Å². The van der Waals surface area contributed by atoms with Gasteiger partial charge in [0.25, 0.3) is 0 Å². The number of nitrogens with zero attached hydrogens (tertiary/aromatic N) is 3. The largest absolute Gasteiger partial charge is 0.504 e. The second-order valence-corrected chi connectivity index (χ2v) is 12.8. The van der Waals surface area contributed by atoms with Gasteiger partial charge in [-0.25, -0.2) is 9.97 Å². The number of piperidine rings is 1. The average molecular weight is 544 g/mol. The fourth-order valence-electron chi connectivity index (χ4n) is 8.56. The van der Waals surface area contributed by atoms with Crippen LogP contribution in [0.1, 0.15) is 59.1 Å². The summed E-state index contributed by atoms with van der Waals surface area (Å²) in [5, 5.41) is 24.2. The Labute approximate surface area is 239 Å². The van der Waals surface area contributed by atoms with Gasteiger partial charge < -0.3 is 14.9 Å². The van der Waals surface area contributed by atoms with Crippen LogP contribution in [0.5, 0.6) is 11.5 Å². The molecule has 2 N–H and O–H groups in total. The number of aromatic nitrogens is 2. The maximum absolute atomic E-state index is 13.2. The molecular formula is C35H33N3O3. The highest BCUT2D eigenvalue weighted by Gasteiger charge is 2.73. The first-order chi connectivity index (χ1) is 20.0. The Morgan fingerprint density at radius 3 is 2.51 bits per heavy atom. The van der Waals surface area contributed by atoms with Crippen molar-refractivity contribution >= 4 is 0 Å². The minimum absolute atomic E-state index is 0.0216. The topological polar surface area (TPSA) is 78.7 Å². The van der Waals surface area contributed by atoms with Gasteiger partial charge >= 0.3 is 0 Å². The van der Waals surface area contributed by atoms with E-state index < -0.39 is 17.1 Å². The summed E-state index contributed by atoms with van der Waals surface area (Å²) in [5.41, 5.74) is 5.40. The Morgan fingerprint density at radius 1 is 0.951 bits per heavy atom. The number of hydrogen-bond donors (Lipinski definition) is 2. The van der Waals surface area contributed by atoms with Crippen molar-refractivity contribution in [3.8, 4) is 22.8 Å². The number of ether oxygens (including phenoxy) is 1. The van der Waals surface area contributed by atoms with Crippen LogP contribution >= 0.6 is 0 Å². The summed E-state index contributed by atoms with van der Waals surface area (Å²) in [6, 6.07) is 24.4. The van der Waals surface area contributed by atoms with Crippen molar-refractivity contribution < 1.29 is 14.9 Å². The molecule has 2 bridgehead atoms. The van der Waals surface area contributed by atoms with Crippen LogP contribution in [-0.4, -0.2) is 49.8 Å². The number of phenols is 1. The minimum Gasteiger partial charge on any atom is -0.504 e. The van der Waals surface area contributed by atoms with E-state index in [1.165, 1.54) is 18.4 Å². The van der Waals surface area contributed by atoms with Gasteiger partial charge in [-0.3, -0.25) is 4.90 Å². The first-order valence-electron chi connectivity index (χ1n) is 15.0. The van der Waals surface area contributed by atoms with E-state index in [4.69, 9.17) is 14.7 Å². The fourth-order valence-corrected chi connectivity index (χ4v) is 8.56. The van der Waals surface area contributed by atoms with Crippen molar-refractivity contribution in [3.63, 3.8) is 0 Å². The third kappa shape index (κ3) is 3.26. The molecule has 4 atom stereocenters. The van der Waals surface area contributed by atoms with Gasteiger partial charge in [-0.05, 0) is 55.3 Å². The smallest absolute Gasteiger partial charge is 0.166 e. The lowest BCUT2D eigenvalue weighted by molar-refractivity contribution is -0.173. The standard InChI is InChI=1S/C35H33N3O3/c39-26-14-13-24-18-27-35(40)19-25-30(23-9-5-2-6-10-23)36-28(17-21-7-3-1-4-8-21)37-31(25)33-34(35,29(24)32(26)41-33)15-16-38(27)20-22-11-12-22/h1-10,13-14,22,27,33,39-40H,11-12,15-20H2/t27-,33+,34+,35-/m1/s1. The van der Waals surface area contributed by atoms with E-state index in [0.29, 0.717) is 18.6 Å². The number of hydrogen-bond acceptors (Lipinski definition) is 6. The molecule has 2 fully saturated rings. The van der Waals surface area contributed by atoms with E-state index in [9.17, 15) is 10.2 Å². The van der Waals surface area contributed by atoms with Gasteiger partial charge in [-0.1, -0.05) is 66.7 Å². The highest BCUT2D eigenvalue weighted by atomic mass is 16.5. The molecule has 3 heterocycles. The number of likely N-dealkylation sites (tertiary alicyclic amines) is 1. The lowest BCUT2D eigenvalue weighted by Crippen LogP contribution is -2.74. The van der Waals surface area contributed by atoms with Gasteiger partial charge in [0.15, 0.2) is 17.6 Å². The maximum atomic E-state index is 13.2. The molecule has 3 aromatic carbocycles. The fraction of sp³-hybridized carbons (Fsp3) is 0.371. The van der Waals surface area contributed by atoms with E-state index in [1.54, 1.807) is 6.07 Å². The summed E-state index contributed by atoms with van der Waals surface area (Å²) < 4.78 is 6.81. The monoisotopic (exact) mass is 543 g/mol. The Bertz CT molecular complexity index is 1690. The first kappa shape index (κ1) is 23.9. The highest BCUT2D eigenvalue weighted by molar-refractivity contribution is 5.70. The van der Waals surface area contributed by atoms with Gasteiger partial charge in [0.2, 0.25) is 0 Å². The predicted molar refractivity (Wildman–Crippen MR) is 155 cm³/mol. The second-order valence-electron chi connectivity index (χ2n) is 12.8. The molecule has 3 aliphatic carbocycles. The molecule has 1 aromatic heterocycles. The molecule has 0 unspecified atom stereocenters. The van der Waals surface area contributed by atoms with E-state index in [0.717, 1.165) is 71.3 Å². The summed E-state index contributed by atoms with van der Waals surface area (Å²) in [6.45, 7) is 1.96. The quantitative estimate of drug-likeness (QED) is 0.363. The SMILES string of the molecule is Oc1ccc2c3c1O[C@H]1c4nc(Cc5ccccc5)nc(-c5ccccc5)c4C[C@@]4(O)[C@@H](C2)N(CC2CC2)CC[C@]314. The molecule has 6 nitrogen and oxygen atoms in total. The van der Waals surface area contributed by atoms with Crippen LogP contribution in [0.3, 0.4) is 0 Å². The van der Waals surface area contributed by atoms with Gasteiger partial charge in [-0.2, -0.15) is 0 Å². The zero-order valence-corrected chi connectivity index (χ0v) is 23.0. The van der Waals surface area contributed by atoms with Crippen molar-refractivity contribution in [1.29, 1.82) is 0 Å². The predicted octanol–water partition coefficient (Wildman–Crippen LogP) is 5.14. The third-order valence-corrected chi connectivity index (χ3v) is 10.5. The summed E-state index contributed by atoms with van der Waals surface area (Å²) in [7, 11) is 0. The van der Waals surface area contributed by atoms with Gasteiger partial charge in [-0.15, -0.1) is 0 Å². The number of aliphatic hydroxyl groups is 1. The number of aromatic hydroxyl groups is 1. The molecule has 0 radical (unpaired) electrons. The normalized spacial score (nSPS) is 29.0. The van der Waals surface area contributed by atoms with Crippen LogP contribution in [0.4, 0.5) is 0 Å². The Balaban J connectivity index is 1.28. The molecule has 4 aromatic rings. The van der Waals surface area contributed by atoms with Crippen LogP contribution < -0.4 is 4.74 Å². The first-order valence-corrected chi connectivity index (χ1v) is 15.0. The van der Waals surface area contributed by atoms with Crippen molar-refractivity contribution in [1.82, 2.24) is 14.9 Å². The molecule has 1 saturated carbocycles. The van der Waals surface area contributed by atoms with E-state index in [2.05, 4.69) is 35.2 Å². The van der Waals surface area contributed by atoms with E-state index in [-0.39, 0.29) is 11.8 Å². The Kier molecular flexibility index (Phi) is 4.90. The second kappa shape index (κ2) is 8.40. The van der Waals surface area contributed by atoms with Crippen molar-refractivity contribution in [2.75, 3.05) is 13.1 Å². The maximum Gasteiger partial charge on any atom is 0.166 e. The molecule has 0 amide bonds.